The summed E-state index contributed by atoms with van der Waals surface area (Å²) in [7, 11) is 0. The molecule has 0 atom stereocenters. The number of ether oxygens (including phenoxy) is 1. The highest BCUT2D eigenvalue weighted by molar-refractivity contribution is 7.10. The summed E-state index contributed by atoms with van der Waals surface area (Å²) in [5, 5.41) is 5.17. The van der Waals surface area contributed by atoms with E-state index in [0.717, 1.165) is 16.3 Å². The molecule has 0 aliphatic carbocycles. The van der Waals surface area contributed by atoms with E-state index in [1.54, 1.807) is 24.3 Å². The molecule has 1 heterocycles. The second kappa shape index (κ2) is 6.24. The molecule has 1 aromatic carbocycles. The lowest BCUT2D eigenvalue weighted by Gasteiger charge is -2.10. The Labute approximate surface area is 116 Å². The lowest BCUT2D eigenvalue weighted by Crippen LogP contribution is -2.09. The molecule has 2 rings (SSSR count). The second-order valence-electron chi connectivity index (χ2n) is 3.92. The normalized spacial score (nSPS) is 10.2. The van der Waals surface area contributed by atoms with E-state index in [1.807, 2.05) is 29.6 Å². The average molecular weight is 276 g/mol. The van der Waals surface area contributed by atoms with Crippen molar-refractivity contribution in [3.05, 3.63) is 46.2 Å². The van der Waals surface area contributed by atoms with E-state index in [-0.39, 0.29) is 5.97 Å². The number of benzene rings is 1. The standard InChI is InChI=1S/C14H16N2O2S/c1-2-18-14(17)10-5-3-4-6-12(10)16-9-13-11(15)7-8-19-13/h3-8,16H,2,9,15H2,1H3. The van der Waals surface area contributed by atoms with Gasteiger partial charge in [-0.1, -0.05) is 12.1 Å². The van der Waals surface area contributed by atoms with Gasteiger partial charge >= 0.3 is 5.97 Å². The number of hydrogen-bond acceptors (Lipinski definition) is 5. The van der Waals surface area contributed by atoms with Crippen molar-refractivity contribution < 1.29 is 9.53 Å². The number of rotatable bonds is 5. The number of nitrogen functional groups attached to an aromatic ring is 1. The van der Waals surface area contributed by atoms with Crippen LogP contribution in [0.25, 0.3) is 0 Å². The molecule has 0 aliphatic heterocycles. The maximum Gasteiger partial charge on any atom is 0.340 e. The molecule has 0 spiro atoms. The van der Waals surface area contributed by atoms with Gasteiger partial charge in [0.2, 0.25) is 0 Å². The van der Waals surface area contributed by atoms with Crippen LogP contribution >= 0.6 is 11.3 Å². The Hall–Kier alpha value is -2.01. The fourth-order valence-corrected chi connectivity index (χ4v) is 2.43. The number of nitrogens with two attached hydrogens (primary N) is 1. The zero-order valence-electron chi connectivity index (χ0n) is 10.7. The fourth-order valence-electron chi connectivity index (χ4n) is 1.69. The van der Waals surface area contributed by atoms with Crippen LogP contribution < -0.4 is 11.1 Å². The Morgan fingerprint density at radius 3 is 2.84 bits per heavy atom. The topological polar surface area (TPSA) is 64.3 Å². The highest BCUT2D eigenvalue weighted by atomic mass is 32.1. The molecule has 3 N–H and O–H groups in total. The summed E-state index contributed by atoms with van der Waals surface area (Å²) < 4.78 is 5.03. The summed E-state index contributed by atoms with van der Waals surface area (Å²) in [6, 6.07) is 9.17. The molecule has 4 nitrogen and oxygen atoms in total. The van der Waals surface area contributed by atoms with Gasteiger partial charge in [0.05, 0.1) is 18.7 Å². The van der Waals surface area contributed by atoms with Gasteiger partial charge in [-0.15, -0.1) is 11.3 Å². The van der Waals surface area contributed by atoms with Gasteiger partial charge in [0.1, 0.15) is 0 Å². The number of thiophene rings is 1. The van der Waals surface area contributed by atoms with Crippen molar-refractivity contribution in [1.29, 1.82) is 0 Å². The SMILES string of the molecule is CCOC(=O)c1ccccc1NCc1sccc1N. The van der Waals surface area contributed by atoms with Crippen LogP contribution in [0.2, 0.25) is 0 Å². The van der Waals surface area contributed by atoms with E-state index in [0.29, 0.717) is 18.7 Å². The first-order valence-electron chi connectivity index (χ1n) is 6.04. The van der Waals surface area contributed by atoms with Crippen LogP contribution in [0.15, 0.2) is 35.7 Å². The second-order valence-corrected chi connectivity index (χ2v) is 4.92. The van der Waals surface area contributed by atoms with E-state index in [4.69, 9.17) is 10.5 Å². The number of para-hydroxylation sites is 1. The Morgan fingerprint density at radius 1 is 1.37 bits per heavy atom. The molecule has 0 unspecified atom stereocenters. The number of carbonyl (C=O) groups is 1. The minimum atomic E-state index is -0.315. The molecule has 5 heteroatoms. The summed E-state index contributed by atoms with van der Waals surface area (Å²) in [5.74, 6) is -0.315. The van der Waals surface area contributed by atoms with Crippen molar-refractivity contribution >= 4 is 28.7 Å². The van der Waals surface area contributed by atoms with Crippen LogP contribution in [-0.2, 0) is 11.3 Å². The number of hydrogen-bond donors (Lipinski definition) is 2. The van der Waals surface area contributed by atoms with Gasteiger partial charge in [-0.05, 0) is 30.5 Å². The van der Waals surface area contributed by atoms with Gasteiger partial charge in [-0.3, -0.25) is 0 Å². The lowest BCUT2D eigenvalue weighted by molar-refractivity contribution is 0.0527. The highest BCUT2D eigenvalue weighted by Crippen LogP contribution is 2.22. The van der Waals surface area contributed by atoms with Gasteiger partial charge in [-0.2, -0.15) is 0 Å². The molecular formula is C14H16N2O2S. The van der Waals surface area contributed by atoms with Crippen molar-refractivity contribution in [3.63, 3.8) is 0 Å². The third kappa shape index (κ3) is 3.26. The average Bonchev–Trinajstić information content (AvgIpc) is 2.82. The number of esters is 1. The monoisotopic (exact) mass is 276 g/mol. The first-order chi connectivity index (χ1) is 9.22. The molecule has 1 aromatic heterocycles. The Bertz CT molecular complexity index is 566. The molecule has 0 saturated carbocycles. The van der Waals surface area contributed by atoms with Crippen LogP contribution in [0, 0.1) is 0 Å². The van der Waals surface area contributed by atoms with Crippen LogP contribution in [0.1, 0.15) is 22.2 Å². The molecule has 0 fully saturated rings. The summed E-state index contributed by atoms with van der Waals surface area (Å²) in [5.41, 5.74) is 7.90. The maximum absolute atomic E-state index is 11.8. The minimum absolute atomic E-state index is 0.315. The molecule has 0 aliphatic rings. The van der Waals surface area contributed by atoms with Crippen molar-refractivity contribution in [2.24, 2.45) is 0 Å². The van der Waals surface area contributed by atoms with Crippen molar-refractivity contribution in [3.8, 4) is 0 Å². The van der Waals surface area contributed by atoms with Crippen molar-refractivity contribution in [2.45, 2.75) is 13.5 Å². The van der Waals surface area contributed by atoms with Crippen LogP contribution in [0.3, 0.4) is 0 Å². The van der Waals surface area contributed by atoms with Gasteiger partial charge in [0.15, 0.2) is 0 Å². The Kier molecular flexibility index (Phi) is 4.41. The summed E-state index contributed by atoms with van der Waals surface area (Å²) >= 11 is 1.59. The minimum Gasteiger partial charge on any atom is -0.462 e. The zero-order valence-corrected chi connectivity index (χ0v) is 11.5. The molecule has 100 valence electrons. The van der Waals surface area contributed by atoms with E-state index < -0.39 is 0 Å². The quantitative estimate of drug-likeness (QED) is 0.824. The molecule has 2 aromatic rings. The molecule has 0 saturated heterocycles. The lowest BCUT2D eigenvalue weighted by atomic mass is 10.2. The van der Waals surface area contributed by atoms with Crippen molar-refractivity contribution in [2.75, 3.05) is 17.7 Å². The number of anilines is 2. The summed E-state index contributed by atoms with van der Waals surface area (Å²) in [6.45, 7) is 2.76. The predicted octanol–water partition coefficient (Wildman–Crippen LogP) is 3.12. The molecule has 19 heavy (non-hydrogen) atoms. The third-order valence-corrected chi connectivity index (χ3v) is 3.58. The Balaban J connectivity index is 2.12. The molecule has 0 bridgehead atoms. The zero-order chi connectivity index (χ0) is 13.7. The van der Waals surface area contributed by atoms with Gasteiger partial charge in [0, 0.05) is 16.3 Å². The van der Waals surface area contributed by atoms with E-state index in [1.165, 1.54) is 0 Å². The van der Waals surface area contributed by atoms with Gasteiger partial charge in [0.25, 0.3) is 0 Å². The summed E-state index contributed by atoms with van der Waals surface area (Å²) in [4.78, 5) is 12.9. The van der Waals surface area contributed by atoms with Crippen LogP contribution in [0.5, 0.6) is 0 Å². The van der Waals surface area contributed by atoms with Crippen LogP contribution in [-0.4, -0.2) is 12.6 Å². The fraction of sp³-hybridized carbons (Fsp3) is 0.214. The Morgan fingerprint density at radius 2 is 2.16 bits per heavy atom. The summed E-state index contributed by atoms with van der Waals surface area (Å²) in [6.07, 6.45) is 0. The first-order valence-corrected chi connectivity index (χ1v) is 6.92. The predicted molar refractivity (Wildman–Crippen MR) is 78.5 cm³/mol. The number of carbonyl (C=O) groups excluding carboxylic acids is 1. The van der Waals surface area contributed by atoms with E-state index in [9.17, 15) is 4.79 Å². The molecule has 0 radical (unpaired) electrons. The van der Waals surface area contributed by atoms with E-state index in [2.05, 4.69) is 5.32 Å². The van der Waals surface area contributed by atoms with Crippen molar-refractivity contribution in [1.82, 2.24) is 0 Å². The molecule has 0 amide bonds. The maximum atomic E-state index is 11.8. The third-order valence-electron chi connectivity index (χ3n) is 2.64. The molecular weight excluding hydrogens is 260 g/mol. The first kappa shape index (κ1) is 13.4. The largest absolute Gasteiger partial charge is 0.462 e. The van der Waals surface area contributed by atoms with Crippen LogP contribution in [0.4, 0.5) is 11.4 Å². The van der Waals surface area contributed by atoms with E-state index >= 15 is 0 Å². The van der Waals surface area contributed by atoms with Gasteiger partial charge in [-0.25, -0.2) is 4.79 Å². The van der Waals surface area contributed by atoms with Gasteiger partial charge < -0.3 is 15.8 Å². The smallest absolute Gasteiger partial charge is 0.340 e. The number of nitrogens with one attached hydrogen (secondary N) is 1. The highest BCUT2D eigenvalue weighted by Gasteiger charge is 2.11.